The molecule has 0 aliphatic rings. The van der Waals surface area contributed by atoms with Gasteiger partial charge in [0, 0.05) is 6.07 Å². The van der Waals surface area contributed by atoms with Crippen molar-refractivity contribution in [2.45, 2.75) is 19.8 Å². The van der Waals surface area contributed by atoms with Crippen LogP contribution in [0.5, 0.6) is 5.75 Å². The SMILES string of the molecule is [C-]#[N+]c1ccc(F)cc1OCCCC. The topological polar surface area (TPSA) is 13.6 Å². The average molecular weight is 193 g/mol. The van der Waals surface area contributed by atoms with Crippen molar-refractivity contribution >= 4 is 5.69 Å². The zero-order valence-electron chi connectivity index (χ0n) is 8.09. The van der Waals surface area contributed by atoms with Crippen LogP contribution in [0.1, 0.15) is 19.8 Å². The average Bonchev–Trinajstić information content (AvgIpc) is 2.19. The van der Waals surface area contributed by atoms with E-state index in [0.717, 1.165) is 12.8 Å². The number of benzene rings is 1. The molecule has 0 N–H and O–H groups in total. The summed E-state index contributed by atoms with van der Waals surface area (Å²) in [6.45, 7) is 9.43. The largest absolute Gasteiger partial charge is 0.505 e. The molecule has 0 radical (unpaired) electrons. The number of rotatable bonds is 4. The molecule has 74 valence electrons. The molecule has 0 aromatic heterocycles. The predicted molar refractivity (Wildman–Crippen MR) is 53.1 cm³/mol. The van der Waals surface area contributed by atoms with Crippen molar-refractivity contribution in [1.29, 1.82) is 0 Å². The Morgan fingerprint density at radius 2 is 2.29 bits per heavy atom. The molecule has 0 unspecified atom stereocenters. The Balaban J connectivity index is 2.73. The maximum absolute atomic E-state index is 12.8. The van der Waals surface area contributed by atoms with E-state index in [0.29, 0.717) is 18.0 Å². The molecular formula is C11H12FNO. The zero-order chi connectivity index (χ0) is 10.4. The van der Waals surface area contributed by atoms with Gasteiger partial charge in [0.25, 0.3) is 0 Å². The minimum absolute atomic E-state index is 0.341. The van der Waals surface area contributed by atoms with Crippen molar-refractivity contribution in [3.63, 3.8) is 0 Å². The van der Waals surface area contributed by atoms with Gasteiger partial charge in [-0.25, -0.2) is 9.24 Å². The standard InChI is InChI=1S/C11H12FNO/c1-3-4-7-14-11-8-9(12)5-6-10(11)13-2/h5-6,8H,3-4,7H2,1H3. The van der Waals surface area contributed by atoms with E-state index in [1.54, 1.807) is 0 Å². The fourth-order valence-corrected chi connectivity index (χ4v) is 1.02. The Labute approximate surface area is 83.1 Å². The Morgan fingerprint density at radius 1 is 1.50 bits per heavy atom. The molecule has 14 heavy (non-hydrogen) atoms. The van der Waals surface area contributed by atoms with Gasteiger partial charge in [0.2, 0.25) is 5.69 Å². The first-order valence-electron chi connectivity index (χ1n) is 4.57. The van der Waals surface area contributed by atoms with E-state index in [2.05, 4.69) is 4.85 Å². The number of ether oxygens (including phenoxy) is 1. The Hall–Kier alpha value is -1.56. The highest BCUT2D eigenvalue weighted by molar-refractivity contribution is 5.57. The van der Waals surface area contributed by atoms with Crippen LogP contribution in [-0.4, -0.2) is 6.61 Å². The molecular weight excluding hydrogens is 181 g/mol. The van der Waals surface area contributed by atoms with Crippen LogP contribution in [0.3, 0.4) is 0 Å². The molecule has 0 saturated heterocycles. The lowest BCUT2D eigenvalue weighted by Crippen LogP contribution is -1.96. The quantitative estimate of drug-likeness (QED) is 0.526. The number of hydrogen-bond donors (Lipinski definition) is 0. The van der Waals surface area contributed by atoms with E-state index in [-0.39, 0.29) is 5.82 Å². The highest BCUT2D eigenvalue weighted by Crippen LogP contribution is 2.28. The van der Waals surface area contributed by atoms with Gasteiger partial charge in [-0.1, -0.05) is 13.3 Å². The lowest BCUT2D eigenvalue weighted by Gasteiger charge is -2.06. The summed E-state index contributed by atoms with van der Waals surface area (Å²) in [5.41, 5.74) is 0.363. The summed E-state index contributed by atoms with van der Waals surface area (Å²) < 4.78 is 18.1. The van der Waals surface area contributed by atoms with Crippen molar-refractivity contribution in [3.8, 4) is 5.75 Å². The fraction of sp³-hybridized carbons (Fsp3) is 0.364. The minimum atomic E-state index is -0.371. The van der Waals surface area contributed by atoms with Crippen molar-refractivity contribution < 1.29 is 9.13 Å². The summed E-state index contributed by atoms with van der Waals surface area (Å²) in [6, 6.07) is 3.95. The van der Waals surface area contributed by atoms with Gasteiger partial charge < -0.3 is 4.74 Å². The molecule has 1 aromatic carbocycles. The van der Waals surface area contributed by atoms with Crippen LogP contribution < -0.4 is 4.74 Å². The van der Waals surface area contributed by atoms with E-state index < -0.39 is 0 Å². The lowest BCUT2D eigenvalue weighted by molar-refractivity contribution is 0.310. The molecule has 0 aliphatic heterocycles. The third-order valence-electron chi connectivity index (χ3n) is 1.80. The van der Waals surface area contributed by atoms with Crippen molar-refractivity contribution in [3.05, 3.63) is 35.4 Å². The molecule has 3 heteroatoms. The number of nitrogens with zero attached hydrogens (tertiary/aromatic N) is 1. The van der Waals surface area contributed by atoms with E-state index >= 15 is 0 Å². The maximum Gasteiger partial charge on any atom is 0.228 e. The van der Waals surface area contributed by atoms with Gasteiger partial charge in [-0.05, 0) is 18.6 Å². The number of halogens is 1. The van der Waals surface area contributed by atoms with E-state index in [4.69, 9.17) is 11.3 Å². The van der Waals surface area contributed by atoms with Crippen molar-refractivity contribution in [2.24, 2.45) is 0 Å². The highest BCUT2D eigenvalue weighted by atomic mass is 19.1. The smallest absolute Gasteiger partial charge is 0.228 e. The van der Waals surface area contributed by atoms with Crippen LogP contribution in [0.2, 0.25) is 0 Å². The third-order valence-corrected chi connectivity index (χ3v) is 1.80. The second kappa shape index (κ2) is 5.23. The molecule has 0 bridgehead atoms. The van der Waals surface area contributed by atoms with Gasteiger partial charge in [-0.3, -0.25) is 0 Å². The molecule has 2 nitrogen and oxygen atoms in total. The summed E-state index contributed by atoms with van der Waals surface area (Å²) >= 11 is 0. The first-order chi connectivity index (χ1) is 6.77. The van der Waals surface area contributed by atoms with Gasteiger partial charge >= 0.3 is 0 Å². The minimum Gasteiger partial charge on any atom is -0.505 e. The number of unbranched alkanes of at least 4 members (excludes halogenated alkanes) is 1. The monoisotopic (exact) mass is 193 g/mol. The second-order valence-electron chi connectivity index (χ2n) is 2.93. The molecule has 1 rings (SSSR count). The zero-order valence-corrected chi connectivity index (χ0v) is 8.09. The van der Waals surface area contributed by atoms with Crippen LogP contribution in [-0.2, 0) is 0 Å². The first-order valence-corrected chi connectivity index (χ1v) is 4.57. The predicted octanol–water partition coefficient (Wildman–Crippen LogP) is 3.56. The van der Waals surface area contributed by atoms with Gasteiger partial charge in [0.05, 0.1) is 13.2 Å². The molecule has 0 amide bonds. The number of hydrogen-bond acceptors (Lipinski definition) is 1. The Morgan fingerprint density at radius 3 is 2.93 bits per heavy atom. The van der Waals surface area contributed by atoms with Gasteiger partial charge in [-0.2, -0.15) is 0 Å². The molecule has 0 aliphatic carbocycles. The van der Waals surface area contributed by atoms with Crippen LogP contribution >= 0.6 is 0 Å². The van der Waals surface area contributed by atoms with Crippen LogP contribution in [0.4, 0.5) is 10.1 Å². The van der Waals surface area contributed by atoms with Crippen LogP contribution in [0, 0.1) is 12.4 Å². The van der Waals surface area contributed by atoms with Crippen molar-refractivity contribution in [2.75, 3.05) is 6.61 Å². The summed E-state index contributed by atoms with van der Waals surface area (Å²) in [7, 11) is 0. The van der Waals surface area contributed by atoms with E-state index in [1.807, 2.05) is 6.92 Å². The Kier molecular flexibility index (Phi) is 3.93. The van der Waals surface area contributed by atoms with Gasteiger partial charge in [0.1, 0.15) is 11.6 Å². The summed E-state index contributed by atoms with van der Waals surface area (Å²) in [6.07, 6.45) is 1.93. The lowest BCUT2D eigenvalue weighted by atomic mass is 10.3. The third kappa shape index (κ3) is 2.74. The van der Waals surface area contributed by atoms with E-state index in [9.17, 15) is 4.39 Å². The Bertz CT molecular complexity index is 344. The van der Waals surface area contributed by atoms with Gasteiger partial charge in [-0.15, -0.1) is 0 Å². The molecule has 1 aromatic rings. The highest BCUT2D eigenvalue weighted by Gasteiger charge is 2.04. The molecule has 0 heterocycles. The van der Waals surface area contributed by atoms with Gasteiger partial charge in [0.15, 0.2) is 0 Å². The molecule has 0 saturated carbocycles. The van der Waals surface area contributed by atoms with Crippen LogP contribution in [0.15, 0.2) is 18.2 Å². The normalized spacial score (nSPS) is 9.50. The van der Waals surface area contributed by atoms with E-state index in [1.165, 1.54) is 18.2 Å². The summed E-state index contributed by atoms with van der Waals surface area (Å²) in [5, 5.41) is 0. The molecule has 0 fully saturated rings. The molecule has 0 atom stereocenters. The second-order valence-corrected chi connectivity index (χ2v) is 2.93. The van der Waals surface area contributed by atoms with Crippen molar-refractivity contribution in [1.82, 2.24) is 0 Å². The van der Waals surface area contributed by atoms with Crippen LogP contribution in [0.25, 0.3) is 4.85 Å². The fourth-order valence-electron chi connectivity index (χ4n) is 1.02. The summed E-state index contributed by atoms with van der Waals surface area (Å²) in [4.78, 5) is 3.25. The first kappa shape index (κ1) is 10.5. The maximum atomic E-state index is 12.8. The molecule has 0 spiro atoms. The summed E-state index contributed by atoms with van der Waals surface area (Å²) in [5.74, 6) is -0.0302.